The number of carbonyl (C=O) groups is 2. The van der Waals surface area contributed by atoms with Gasteiger partial charge in [-0.25, -0.2) is 24.1 Å². The van der Waals surface area contributed by atoms with E-state index >= 15 is 4.39 Å². The highest BCUT2D eigenvalue weighted by molar-refractivity contribution is 6.30. The van der Waals surface area contributed by atoms with Crippen LogP contribution in [0.3, 0.4) is 0 Å². The van der Waals surface area contributed by atoms with Gasteiger partial charge in [0.25, 0.3) is 5.91 Å². The van der Waals surface area contributed by atoms with Gasteiger partial charge in [-0.2, -0.15) is 5.26 Å². The number of carbonyl (C=O) groups excluding carboxylic acids is 2. The largest absolute Gasteiger partial charge is 0.480 e. The SMILES string of the molecule is COc1cnc(C(=O)Nc2ccc(F)c([C@]3(C)Cn4c(nc(Cl)c4C#N)C(NC(=O)OC(C)(C)C)=N3)c2)cn1. The number of amides is 2. The number of amidine groups is 1. The predicted octanol–water partition coefficient (Wildman–Crippen LogP) is 3.80. The number of alkyl carbamates (subject to hydrolysis) is 1. The molecule has 12 nitrogen and oxygen atoms in total. The molecule has 0 unspecified atom stereocenters. The van der Waals surface area contributed by atoms with Crippen molar-refractivity contribution in [2.75, 3.05) is 12.4 Å². The highest BCUT2D eigenvalue weighted by Gasteiger charge is 2.39. The summed E-state index contributed by atoms with van der Waals surface area (Å²) < 4.78 is 27.0. The molecule has 1 aliphatic heterocycles. The normalized spacial score (nSPS) is 16.4. The number of methoxy groups -OCH3 is 1. The summed E-state index contributed by atoms with van der Waals surface area (Å²) in [6, 6.07) is 5.94. The number of ether oxygens (including phenoxy) is 2. The molecule has 2 aromatic heterocycles. The summed E-state index contributed by atoms with van der Waals surface area (Å²) in [5, 5.41) is 14.8. The minimum absolute atomic E-state index is 0.0132. The third-order valence-corrected chi connectivity index (χ3v) is 5.82. The first kappa shape index (κ1) is 27.5. The lowest BCUT2D eigenvalue weighted by Gasteiger charge is -2.33. The van der Waals surface area contributed by atoms with Gasteiger partial charge < -0.3 is 19.4 Å². The fourth-order valence-corrected chi connectivity index (χ4v) is 4.11. The minimum atomic E-state index is -1.36. The Bertz CT molecular complexity index is 1520. The standard InChI is InChI=1S/C25H24ClFN8O4/c1-24(2,3)39-23(37)33-20-21-32-19(26)17(9-28)35(21)12-25(4,34-20)14-8-13(6-7-15(14)27)31-22(36)16-10-30-18(38-5)11-29-16/h6-8,10-11H,12H2,1-5H3,(H,31,36)(H,33,34,37)/t25-/m0/s1. The van der Waals surface area contributed by atoms with Crippen molar-refractivity contribution < 1.29 is 23.5 Å². The average Bonchev–Trinajstić information content (AvgIpc) is 3.18. The fraction of sp³-hybridized carbons (Fsp3) is 0.320. The maximum absolute atomic E-state index is 15.3. The van der Waals surface area contributed by atoms with Crippen LogP contribution in [0.15, 0.2) is 35.6 Å². The number of hydrogen-bond acceptors (Lipinski definition) is 9. The molecule has 14 heteroatoms. The first-order valence-electron chi connectivity index (χ1n) is 11.6. The first-order valence-corrected chi connectivity index (χ1v) is 11.9. The Morgan fingerprint density at radius 3 is 2.59 bits per heavy atom. The summed E-state index contributed by atoms with van der Waals surface area (Å²) in [6.07, 6.45) is 1.72. The van der Waals surface area contributed by atoms with Crippen LogP contribution in [0.25, 0.3) is 0 Å². The lowest BCUT2D eigenvalue weighted by Crippen LogP contribution is -2.44. The third kappa shape index (κ3) is 5.80. The van der Waals surface area contributed by atoms with Gasteiger partial charge in [0.2, 0.25) is 5.88 Å². The summed E-state index contributed by atoms with van der Waals surface area (Å²) in [5.74, 6) is -0.923. The van der Waals surface area contributed by atoms with Crippen molar-refractivity contribution in [2.24, 2.45) is 4.99 Å². The molecule has 1 aromatic carbocycles. The summed E-state index contributed by atoms with van der Waals surface area (Å²) in [6.45, 7) is 6.65. The number of fused-ring (bicyclic) bond motifs is 1. The maximum Gasteiger partial charge on any atom is 0.413 e. The molecular formula is C25H24ClFN8O4. The van der Waals surface area contributed by atoms with E-state index in [4.69, 9.17) is 21.1 Å². The number of nitrogens with one attached hydrogen (secondary N) is 2. The molecule has 3 heterocycles. The Balaban J connectivity index is 1.72. The van der Waals surface area contributed by atoms with Crippen molar-refractivity contribution in [1.82, 2.24) is 24.8 Å². The van der Waals surface area contributed by atoms with Crippen LogP contribution in [0.2, 0.25) is 5.15 Å². The molecule has 1 aliphatic rings. The summed E-state index contributed by atoms with van der Waals surface area (Å²) >= 11 is 6.18. The molecule has 0 bridgehead atoms. The second kappa shape index (κ2) is 10.3. The van der Waals surface area contributed by atoms with Gasteiger partial charge in [-0.05, 0) is 45.9 Å². The molecular weight excluding hydrogens is 531 g/mol. The van der Waals surface area contributed by atoms with Gasteiger partial charge in [0.05, 0.1) is 26.0 Å². The molecule has 39 heavy (non-hydrogen) atoms. The molecule has 1 atom stereocenters. The lowest BCUT2D eigenvalue weighted by atomic mass is 9.90. The van der Waals surface area contributed by atoms with E-state index in [1.165, 1.54) is 42.3 Å². The van der Waals surface area contributed by atoms with Gasteiger partial charge in [-0.3, -0.25) is 15.1 Å². The van der Waals surface area contributed by atoms with E-state index in [2.05, 4.69) is 30.6 Å². The van der Waals surface area contributed by atoms with Gasteiger partial charge in [-0.1, -0.05) is 11.6 Å². The van der Waals surface area contributed by atoms with Crippen molar-refractivity contribution in [3.8, 4) is 11.9 Å². The second-order valence-electron chi connectivity index (χ2n) is 9.73. The van der Waals surface area contributed by atoms with Crippen LogP contribution in [-0.2, 0) is 16.8 Å². The average molecular weight is 555 g/mol. The Labute approximate surface area is 227 Å². The highest BCUT2D eigenvalue weighted by atomic mass is 35.5. The van der Waals surface area contributed by atoms with Gasteiger partial charge in [-0.15, -0.1) is 0 Å². The van der Waals surface area contributed by atoms with Crippen LogP contribution < -0.4 is 15.4 Å². The van der Waals surface area contributed by atoms with Gasteiger partial charge in [0.1, 0.15) is 28.7 Å². The number of benzene rings is 1. The quantitative estimate of drug-likeness (QED) is 0.493. The predicted molar refractivity (Wildman–Crippen MR) is 138 cm³/mol. The molecule has 2 N–H and O–H groups in total. The Morgan fingerprint density at radius 1 is 1.23 bits per heavy atom. The maximum atomic E-state index is 15.3. The van der Waals surface area contributed by atoms with Gasteiger partial charge in [0.15, 0.2) is 22.5 Å². The van der Waals surface area contributed by atoms with E-state index in [0.29, 0.717) is 0 Å². The van der Waals surface area contributed by atoms with Gasteiger partial charge >= 0.3 is 6.09 Å². The van der Waals surface area contributed by atoms with Crippen molar-refractivity contribution in [3.05, 3.63) is 64.3 Å². The van der Waals surface area contributed by atoms with Crippen molar-refractivity contribution >= 4 is 35.1 Å². The van der Waals surface area contributed by atoms with E-state index in [1.54, 1.807) is 27.7 Å². The number of nitrogens with zero attached hydrogens (tertiary/aromatic N) is 6. The van der Waals surface area contributed by atoms with Crippen molar-refractivity contribution in [2.45, 2.75) is 45.4 Å². The Kier molecular flexibility index (Phi) is 7.25. The number of nitriles is 1. The van der Waals surface area contributed by atoms with Gasteiger partial charge in [0, 0.05) is 11.3 Å². The Morgan fingerprint density at radius 2 is 1.97 bits per heavy atom. The number of anilines is 1. The van der Waals surface area contributed by atoms with Crippen molar-refractivity contribution in [3.63, 3.8) is 0 Å². The molecule has 202 valence electrons. The number of halogens is 2. The number of imidazole rings is 1. The number of hydrogen-bond donors (Lipinski definition) is 2. The number of aromatic nitrogens is 4. The monoisotopic (exact) mass is 554 g/mol. The third-order valence-electron chi connectivity index (χ3n) is 5.56. The van der Waals surface area contributed by atoms with E-state index in [9.17, 15) is 14.9 Å². The highest BCUT2D eigenvalue weighted by Crippen LogP contribution is 2.36. The molecule has 0 radical (unpaired) electrons. The van der Waals surface area contributed by atoms with E-state index in [-0.39, 0.29) is 51.9 Å². The second-order valence-corrected chi connectivity index (χ2v) is 10.1. The summed E-state index contributed by atoms with van der Waals surface area (Å²) in [7, 11) is 1.42. The topological polar surface area (TPSA) is 156 Å². The van der Waals surface area contributed by atoms with E-state index in [0.717, 1.165) is 0 Å². The lowest BCUT2D eigenvalue weighted by molar-refractivity contribution is 0.0562. The molecule has 0 saturated heterocycles. The van der Waals surface area contributed by atoms with Crippen LogP contribution in [0.1, 0.15) is 55.3 Å². The molecule has 4 rings (SSSR count). The van der Waals surface area contributed by atoms with Crippen LogP contribution in [0.4, 0.5) is 14.9 Å². The van der Waals surface area contributed by atoms with Crippen LogP contribution >= 0.6 is 11.6 Å². The van der Waals surface area contributed by atoms with Crippen LogP contribution in [0, 0.1) is 17.1 Å². The fourth-order valence-electron chi connectivity index (χ4n) is 3.88. The smallest absolute Gasteiger partial charge is 0.413 e. The van der Waals surface area contributed by atoms with Crippen molar-refractivity contribution in [1.29, 1.82) is 5.26 Å². The molecule has 0 saturated carbocycles. The minimum Gasteiger partial charge on any atom is -0.480 e. The molecule has 3 aromatic rings. The molecule has 0 aliphatic carbocycles. The molecule has 0 fully saturated rings. The Hall–Kier alpha value is -4.57. The zero-order valence-electron chi connectivity index (χ0n) is 21.7. The number of rotatable bonds is 4. The zero-order chi connectivity index (χ0) is 28.5. The van der Waals surface area contributed by atoms with Crippen LogP contribution in [-0.4, -0.2) is 50.1 Å². The van der Waals surface area contributed by atoms with E-state index < -0.39 is 29.0 Å². The number of aliphatic imine (C=N–C) groups is 1. The summed E-state index contributed by atoms with van der Waals surface area (Å²) in [5.41, 5.74) is -1.81. The summed E-state index contributed by atoms with van der Waals surface area (Å²) in [4.78, 5) is 42.0. The first-order chi connectivity index (χ1) is 18.3. The van der Waals surface area contributed by atoms with Crippen LogP contribution in [0.5, 0.6) is 5.88 Å². The molecule has 0 spiro atoms. The molecule has 2 amide bonds. The zero-order valence-corrected chi connectivity index (χ0v) is 22.4. The van der Waals surface area contributed by atoms with E-state index in [1.807, 2.05) is 6.07 Å².